The smallest absolute Gasteiger partial charge is 0.222 e. The van der Waals surface area contributed by atoms with Gasteiger partial charge in [0.25, 0.3) is 0 Å². The number of nitrogens with zero attached hydrogens (tertiary/aromatic N) is 3. The maximum Gasteiger partial charge on any atom is 0.222 e. The third-order valence-electron chi connectivity index (χ3n) is 1.60. The molecular formula is C8H14N4. The van der Waals surface area contributed by atoms with Crippen molar-refractivity contribution in [2.24, 2.45) is 0 Å². The molecule has 4 heteroatoms. The Kier molecular flexibility index (Phi) is 2.47. The molecule has 1 aromatic rings. The summed E-state index contributed by atoms with van der Waals surface area (Å²) in [5, 5.41) is 0. The molecule has 0 aliphatic heterocycles. The van der Waals surface area contributed by atoms with Gasteiger partial charge in [-0.2, -0.15) is 4.98 Å². The highest BCUT2D eigenvalue weighted by atomic mass is 15.2. The van der Waals surface area contributed by atoms with Crippen molar-refractivity contribution in [3.8, 4) is 0 Å². The van der Waals surface area contributed by atoms with Crippen molar-refractivity contribution in [2.75, 3.05) is 24.7 Å². The van der Waals surface area contributed by atoms with Crippen molar-refractivity contribution >= 4 is 11.8 Å². The highest BCUT2D eigenvalue weighted by Crippen LogP contribution is 2.10. The van der Waals surface area contributed by atoms with Crippen LogP contribution < -0.4 is 10.6 Å². The first-order valence-corrected chi connectivity index (χ1v) is 3.94. The zero-order valence-electron chi connectivity index (χ0n) is 7.70. The van der Waals surface area contributed by atoms with Crippen LogP contribution in [-0.4, -0.2) is 24.1 Å². The minimum atomic E-state index is 0.345. The van der Waals surface area contributed by atoms with Crippen LogP contribution in [0.5, 0.6) is 0 Å². The largest absolute Gasteiger partial charge is 0.368 e. The van der Waals surface area contributed by atoms with E-state index in [-0.39, 0.29) is 0 Å². The number of anilines is 2. The average molecular weight is 166 g/mol. The number of aromatic nitrogens is 2. The molecule has 0 saturated heterocycles. The van der Waals surface area contributed by atoms with Crippen molar-refractivity contribution in [2.45, 2.75) is 13.3 Å². The molecule has 0 unspecified atom stereocenters. The lowest BCUT2D eigenvalue weighted by molar-refractivity contribution is 0.976. The molecule has 0 fully saturated rings. The van der Waals surface area contributed by atoms with Crippen molar-refractivity contribution in [1.29, 1.82) is 0 Å². The maximum absolute atomic E-state index is 5.52. The molecule has 0 saturated carbocycles. The van der Waals surface area contributed by atoms with Crippen LogP contribution in [0.1, 0.15) is 12.6 Å². The summed E-state index contributed by atoms with van der Waals surface area (Å²) in [6.45, 7) is 2.04. The monoisotopic (exact) mass is 166 g/mol. The minimum Gasteiger partial charge on any atom is -0.368 e. The van der Waals surface area contributed by atoms with E-state index in [4.69, 9.17) is 5.73 Å². The summed E-state index contributed by atoms with van der Waals surface area (Å²) in [6, 6.07) is 1.94. The van der Waals surface area contributed by atoms with Gasteiger partial charge in [-0.05, 0) is 6.42 Å². The van der Waals surface area contributed by atoms with Gasteiger partial charge < -0.3 is 10.6 Å². The Hall–Kier alpha value is -1.32. The Morgan fingerprint density at radius 3 is 2.58 bits per heavy atom. The number of hydrogen-bond acceptors (Lipinski definition) is 4. The minimum absolute atomic E-state index is 0.345. The van der Waals surface area contributed by atoms with E-state index in [1.807, 2.05) is 32.0 Å². The van der Waals surface area contributed by atoms with Crippen LogP contribution in [0.3, 0.4) is 0 Å². The molecule has 0 aliphatic rings. The molecule has 0 spiro atoms. The van der Waals surface area contributed by atoms with Crippen molar-refractivity contribution in [3.05, 3.63) is 11.8 Å². The fraction of sp³-hybridized carbons (Fsp3) is 0.500. The molecule has 0 bridgehead atoms. The van der Waals surface area contributed by atoms with Gasteiger partial charge in [0.15, 0.2) is 0 Å². The van der Waals surface area contributed by atoms with Gasteiger partial charge in [-0.3, -0.25) is 0 Å². The molecule has 1 heterocycles. The third kappa shape index (κ3) is 1.84. The molecule has 1 rings (SSSR count). The van der Waals surface area contributed by atoms with Crippen LogP contribution >= 0.6 is 0 Å². The predicted octanol–water partition coefficient (Wildman–Crippen LogP) is 0.687. The summed E-state index contributed by atoms with van der Waals surface area (Å²) in [5.41, 5.74) is 6.50. The topological polar surface area (TPSA) is 55.0 Å². The quantitative estimate of drug-likeness (QED) is 0.702. The molecule has 12 heavy (non-hydrogen) atoms. The van der Waals surface area contributed by atoms with Crippen LogP contribution in [0.4, 0.5) is 11.8 Å². The van der Waals surface area contributed by atoms with Crippen LogP contribution in [-0.2, 0) is 6.42 Å². The van der Waals surface area contributed by atoms with E-state index < -0.39 is 0 Å². The second-order valence-corrected chi connectivity index (χ2v) is 2.82. The van der Waals surface area contributed by atoms with Crippen LogP contribution in [0.15, 0.2) is 6.07 Å². The molecule has 1 aromatic heterocycles. The van der Waals surface area contributed by atoms with Crippen LogP contribution in [0.25, 0.3) is 0 Å². The van der Waals surface area contributed by atoms with Gasteiger partial charge in [0.1, 0.15) is 5.82 Å². The molecule has 66 valence electrons. The highest BCUT2D eigenvalue weighted by molar-refractivity contribution is 5.41. The second-order valence-electron chi connectivity index (χ2n) is 2.82. The number of nitrogen functional groups attached to an aromatic ring is 1. The first kappa shape index (κ1) is 8.77. The van der Waals surface area contributed by atoms with E-state index in [9.17, 15) is 0 Å². The van der Waals surface area contributed by atoms with Gasteiger partial charge in [-0.25, -0.2) is 4.98 Å². The van der Waals surface area contributed by atoms with Crippen LogP contribution in [0, 0.1) is 0 Å². The SMILES string of the molecule is CCc1cc(N(C)C)nc(N)n1. The lowest BCUT2D eigenvalue weighted by atomic mass is 10.3. The predicted molar refractivity (Wildman–Crippen MR) is 50.1 cm³/mol. The standard InChI is InChI=1S/C8H14N4/c1-4-6-5-7(12(2)3)11-8(9)10-6/h5H,4H2,1-3H3,(H2,9,10,11). The zero-order valence-corrected chi connectivity index (χ0v) is 7.70. The molecule has 0 amide bonds. The van der Waals surface area contributed by atoms with E-state index in [1.54, 1.807) is 0 Å². The lowest BCUT2D eigenvalue weighted by Crippen LogP contribution is -2.13. The molecule has 0 radical (unpaired) electrons. The van der Waals surface area contributed by atoms with Gasteiger partial charge >= 0.3 is 0 Å². The van der Waals surface area contributed by atoms with Gasteiger partial charge in [0.05, 0.1) is 0 Å². The summed E-state index contributed by atoms with van der Waals surface area (Å²) in [4.78, 5) is 10.1. The van der Waals surface area contributed by atoms with E-state index in [2.05, 4.69) is 9.97 Å². The van der Waals surface area contributed by atoms with Gasteiger partial charge in [-0.1, -0.05) is 6.92 Å². The number of rotatable bonds is 2. The molecular weight excluding hydrogens is 152 g/mol. The van der Waals surface area contributed by atoms with E-state index in [0.29, 0.717) is 5.95 Å². The van der Waals surface area contributed by atoms with E-state index in [0.717, 1.165) is 17.9 Å². The zero-order chi connectivity index (χ0) is 9.14. The Morgan fingerprint density at radius 2 is 2.08 bits per heavy atom. The Balaban J connectivity index is 3.06. The van der Waals surface area contributed by atoms with Crippen molar-refractivity contribution in [1.82, 2.24) is 9.97 Å². The summed E-state index contributed by atoms with van der Waals surface area (Å²) in [6.07, 6.45) is 0.882. The Labute approximate surface area is 72.4 Å². The molecule has 2 N–H and O–H groups in total. The average Bonchev–Trinajstić information content (AvgIpc) is 2.03. The van der Waals surface area contributed by atoms with Crippen molar-refractivity contribution in [3.63, 3.8) is 0 Å². The van der Waals surface area contributed by atoms with Crippen molar-refractivity contribution < 1.29 is 0 Å². The Morgan fingerprint density at radius 1 is 1.42 bits per heavy atom. The van der Waals surface area contributed by atoms with Gasteiger partial charge in [0, 0.05) is 25.9 Å². The number of aryl methyl sites for hydroxylation is 1. The number of nitrogens with two attached hydrogens (primary N) is 1. The summed E-state index contributed by atoms with van der Waals surface area (Å²) in [5.74, 6) is 1.21. The highest BCUT2D eigenvalue weighted by Gasteiger charge is 2.01. The van der Waals surface area contributed by atoms with Gasteiger partial charge in [-0.15, -0.1) is 0 Å². The fourth-order valence-corrected chi connectivity index (χ4v) is 0.913. The Bertz CT molecular complexity index is 270. The summed E-state index contributed by atoms with van der Waals surface area (Å²) >= 11 is 0. The molecule has 0 aromatic carbocycles. The maximum atomic E-state index is 5.52. The molecule has 0 atom stereocenters. The number of hydrogen-bond donors (Lipinski definition) is 1. The van der Waals surface area contributed by atoms with E-state index >= 15 is 0 Å². The normalized spacial score (nSPS) is 9.92. The third-order valence-corrected chi connectivity index (χ3v) is 1.60. The van der Waals surface area contributed by atoms with Crippen LogP contribution in [0.2, 0.25) is 0 Å². The molecule has 4 nitrogen and oxygen atoms in total. The lowest BCUT2D eigenvalue weighted by Gasteiger charge is -2.11. The summed E-state index contributed by atoms with van der Waals surface area (Å²) in [7, 11) is 3.86. The summed E-state index contributed by atoms with van der Waals surface area (Å²) < 4.78 is 0. The first-order chi connectivity index (χ1) is 5.63. The first-order valence-electron chi connectivity index (χ1n) is 3.94. The second kappa shape index (κ2) is 3.38. The van der Waals surface area contributed by atoms with Gasteiger partial charge in [0.2, 0.25) is 5.95 Å². The fourth-order valence-electron chi connectivity index (χ4n) is 0.913. The molecule has 0 aliphatic carbocycles. The van der Waals surface area contributed by atoms with E-state index in [1.165, 1.54) is 0 Å².